The minimum absolute atomic E-state index is 0.0417. The number of H-pyrrole nitrogens is 1. The van der Waals surface area contributed by atoms with Gasteiger partial charge in [-0.2, -0.15) is 9.97 Å². The summed E-state index contributed by atoms with van der Waals surface area (Å²) >= 11 is 0. The molecule has 5 aromatic rings. The Balaban J connectivity index is 0.725. The average Bonchev–Trinajstić information content (AvgIpc) is 1.66. The quantitative estimate of drug-likeness (QED) is 0.0406. The van der Waals surface area contributed by atoms with Gasteiger partial charge in [0.05, 0.1) is 133 Å². The van der Waals surface area contributed by atoms with Gasteiger partial charge in [-0.25, -0.2) is 90.1 Å². The van der Waals surface area contributed by atoms with Gasteiger partial charge in [0, 0.05) is 108 Å². The van der Waals surface area contributed by atoms with E-state index in [4.69, 9.17) is 82.0 Å². The summed E-state index contributed by atoms with van der Waals surface area (Å²) in [5.41, 5.74) is 15.7. The molecule has 0 amide bonds. The highest BCUT2D eigenvalue weighted by Gasteiger charge is 2.53. The summed E-state index contributed by atoms with van der Waals surface area (Å²) in [4.78, 5) is 79.7. The zero-order valence-corrected chi connectivity index (χ0v) is 87.2. The third kappa shape index (κ3) is 24.7. The normalized spacial score (nSPS) is 29.1. The van der Waals surface area contributed by atoms with Crippen LogP contribution in [0.15, 0.2) is 62.6 Å². The van der Waals surface area contributed by atoms with Gasteiger partial charge in [-0.3, -0.25) is 64.9 Å². The minimum atomic E-state index is -4.39. The highest BCUT2D eigenvalue weighted by Crippen LogP contribution is 2.62. The molecule has 0 spiro atoms. The fourth-order valence-corrected chi connectivity index (χ4v) is 31.2. The van der Waals surface area contributed by atoms with Crippen molar-refractivity contribution in [2.45, 2.75) is 153 Å². The van der Waals surface area contributed by atoms with Crippen LogP contribution in [0.5, 0.6) is 0 Å². The van der Waals surface area contributed by atoms with Gasteiger partial charge in [0.15, 0.2) is 30.1 Å². The first-order valence-corrected chi connectivity index (χ1v) is 55.4. The number of aryl methyl sites for hydroxylation is 1. The Morgan fingerprint density at radius 1 is 0.400 bits per heavy atom. The maximum Gasteiger partial charge on any atom is 0.351 e. The van der Waals surface area contributed by atoms with E-state index in [1.165, 1.54) is 105 Å². The Labute approximate surface area is 786 Å². The van der Waals surface area contributed by atoms with Crippen molar-refractivity contribution in [2.75, 3.05) is 254 Å². The summed E-state index contributed by atoms with van der Waals surface area (Å²) in [6.07, 6.45) is -5.39. The van der Waals surface area contributed by atoms with E-state index in [0.29, 0.717) is 24.3 Å². The standard InChI is InChI=1S/C76H138N27O25P7/c1-51(2)93-31-57(125-66(38-93)103-50-82-70-71(79)80-49-81-72(70)103)43-116-133(112,90(17)18)97-36-62(127-67(39-97)100-25-23-64(77)83-74(100)105)47-121-135(114,92(21)22)99-37-63(128-69(41-99)102-27-53(5)73(104)85-76(102)107)48-120-132(111,89(15)16)96-30-56(8)123-59(33-96)44-117-130(109,87(11)12)95-29-55(7)124-60(34-95)45-118-134(113,91(19)20)98-35-61(126-68(40-98)101-26-24-65(78)84-75(101)106)46-119-131(110,88(13)14)94-28-54(6)122-58(32-94)42-115-129(108,52(3)4)86(9)10/h23-27,49-52,54-63,66-69H,28-48H2,1-22H3,(H2,77,83,105)(H2,78,84,106)(H2,79,80,81)(H,85,104,107)/t54-,55-,56-,57-,58-,59-,60-,61-,62-,63-,66+,67+,68+,69+,129?,130?,131?,132?,133?,134?,135?/m0/s1. The molecule has 0 radical (unpaired) electrons. The first kappa shape index (κ1) is 109. The number of aromatic nitrogens is 10. The van der Waals surface area contributed by atoms with Gasteiger partial charge < -0.3 is 82.0 Å². The molecule has 12 heterocycles. The van der Waals surface area contributed by atoms with Crippen LogP contribution in [0.3, 0.4) is 0 Å². The largest absolute Gasteiger partial charge is 0.383 e. The predicted octanol–water partition coefficient (Wildman–Crippen LogP) is 3.72. The van der Waals surface area contributed by atoms with E-state index in [2.05, 4.69) is 34.8 Å². The molecule has 7 aliphatic heterocycles. The van der Waals surface area contributed by atoms with E-state index in [1.54, 1.807) is 133 Å². The van der Waals surface area contributed by atoms with Crippen molar-refractivity contribution in [3.05, 3.63) is 90.7 Å². The lowest BCUT2D eigenvalue weighted by molar-refractivity contribution is -0.140. The maximum absolute atomic E-state index is 16.2. The van der Waals surface area contributed by atoms with Gasteiger partial charge in [0.25, 0.3) is 13.1 Å². The second kappa shape index (κ2) is 44.8. The number of ether oxygens (including phenoxy) is 7. The van der Waals surface area contributed by atoms with Crippen LogP contribution in [-0.2, 0) is 96.8 Å². The van der Waals surface area contributed by atoms with Crippen LogP contribution in [0.4, 0.5) is 17.5 Å². The molecule has 7 N–H and O–H groups in total. The van der Waals surface area contributed by atoms with Crippen molar-refractivity contribution in [1.29, 1.82) is 0 Å². The zero-order chi connectivity index (χ0) is 98.8. The van der Waals surface area contributed by atoms with Crippen molar-refractivity contribution in [3.63, 3.8) is 0 Å². The third-order valence-corrected chi connectivity index (χ3v) is 42.3. The Kier molecular flexibility index (Phi) is 36.1. The smallest absolute Gasteiger partial charge is 0.351 e. The van der Waals surface area contributed by atoms with Crippen molar-refractivity contribution in [2.24, 2.45) is 0 Å². The van der Waals surface area contributed by atoms with E-state index >= 15 is 27.4 Å². The molecular formula is C76H138N27O25P7. The number of nitrogens with zero attached hydrogens (tertiary/aromatic N) is 23. The van der Waals surface area contributed by atoms with Crippen LogP contribution in [-0.4, -0.2) is 423 Å². The third-order valence-electron chi connectivity index (χ3n) is 24.1. The molecule has 12 rings (SSSR count). The topological polar surface area (TPSA) is 540 Å². The Morgan fingerprint density at radius 3 is 1.03 bits per heavy atom. The molecule has 0 bridgehead atoms. The van der Waals surface area contributed by atoms with Crippen LogP contribution in [0, 0.1) is 6.92 Å². The average molecular weight is 2050 g/mol. The van der Waals surface area contributed by atoms with Crippen LogP contribution in [0.25, 0.3) is 11.2 Å². The number of anilines is 3. The van der Waals surface area contributed by atoms with Crippen LogP contribution in [0.1, 0.15) is 78.9 Å². The number of aromatic amines is 1. The van der Waals surface area contributed by atoms with Crippen molar-refractivity contribution >= 4 is 82.2 Å². The number of morpholine rings is 7. The molecule has 762 valence electrons. The van der Waals surface area contributed by atoms with E-state index in [0.717, 1.165) is 4.57 Å². The van der Waals surface area contributed by atoms with Crippen LogP contribution < -0.4 is 39.8 Å². The maximum atomic E-state index is 16.2. The molecule has 5 aromatic heterocycles. The first-order chi connectivity index (χ1) is 63.3. The lowest BCUT2D eigenvalue weighted by Crippen LogP contribution is -2.52. The van der Waals surface area contributed by atoms with E-state index < -0.39 is 175 Å². The number of nitrogen functional groups attached to an aromatic ring is 3. The Bertz CT molecular complexity index is 5490. The lowest BCUT2D eigenvalue weighted by Gasteiger charge is -2.46. The Hall–Kier alpha value is -5.12. The molecule has 135 heavy (non-hydrogen) atoms. The molecule has 59 heteroatoms. The van der Waals surface area contributed by atoms with E-state index in [9.17, 15) is 23.7 Å². The highest BCUT2D eigenvalue weighted by molar-refractivity contribution is 7.57. The molecule has 7 saturated heterocycles. The molecule has 7 aliphatic rings. The van der Waals surface area contributed by atoms with Crippen LogP contribution >= 0.6 is 53.5 Å². The summed E-state index contributed by atoms with van der Waals surface area (Å²) in [7, 11) is -5.91. The van der Waals surface area contributed by atoms with Crippen LogP contribution in [0.2, 0.25) is 0 Å². The SMILES string of the molecule is Cc1cn([C@H]2CN(P(=O)(OC[C@@H]3CN(P(=O)(OC[C@@H]4CN(C(C)C)C[C@H](n5cnc6c(N)ncnc65)O4)N(C)C)C[C@H](n4ccc(N)nc4=O)O3)N(C)C)C[C@@H](COP(=O)(N(C)C)N3C[C@@H](COP(=O)(N(C)C)N4C[C@@H](COP(=O)(N(C)C)N5C[C@@H](COP(=O)(N(C)C)N6C[C@@H](COP(=O)(C(C)C)N(C)C)O[C@@H](C)C6)O[C@@H](n6ccc(N)nc6=O)C5)O[C@@H](C)C4)O[C@@H](C)C3)O2)c(=O)[nH]c1=O. The molecule has 0 aliphatic carbocycles. The fourth-order valence-electron chi connectivity index (χ4n) is 17.1. The van der Waals surface area contributed by atoms with E-state index in [-0.39, 0.29) is 146 Å². The first-order valence-electron chi connectivity index (χ1n) is 44.6. The van der Waals surface area contributed by atoms with Gasteiger partial charge in [-0.1, -0.05) is 13.8 Å². The fraction of sp³-hybridized carbons (Fsp3) is 0.776. The van der Waals surface area contributed by atoms with Crippen molar-refractivity contribution < 1.29 is 96.8 Å². The molecule has 7 unspecified atom stereocenters. The summed E-state index contributed by atoms with van der Waals surface area (Å²) in [5, 5.41) is 0. The van der Waals surface area contributed by atoms with Gasteiger partial charge in [0.1, 0.15) is 29.7 Å². The number of hydrogen-bond acceptors (Lipinski definition) is 34. The number of hydrogen-bond donors (Lipinski definition) is 4. The lowest BCUT2D eigenvalue weighted by atomic mass is 10.2. The number of imidazole rings is 1. The predicted molar refractivity (Wildman–Crippen MR) is 502 cm³/mol. The summed E-state index contributed by atoms with van der Waals surface area (Å²) in [5.74, 6) is 0.0915. The monoisotopic (exact) mass is 2050 g/mol. The molecule has 7 fully saturated rings. The highest BCUT2D eigenvalue weighted by atomic mass is 31.2. The molecular weight excluding hydrogens is 1910 g/mol. The minimum Gasteiger partial charge on any atom is -0.383 e. The summed E-state index contributed by atoms with van der Waals surface area (Å²) in [6.45, 7) is 12.3. The summed E-state index contributed by atoms with van der Waals surface area (Å²) < 4.78 is 225. The number of fused-ring (bicyclic) bond motifs is 1. The number of rotatable bonds is 40. The zero-order valence-electron chi connectivity index (χ0n) is 81.0. The Morgan fingerprint density at radius 2 is 0.711 bits per heavy atom. The van der Waals surface area contributed by atoms with Gasteiger partial charge in [-0.05, 0) is 152 Å². The molecule has 0 aromatic carbocycles. The van der Waals surface area contributed by atoms with Crippen molar-refractivity contribution in [3.8, 4) is 0 Å². The van der Waals surface area contributed by atoms with Crippen molar-refractivity contribution in [1.82, 2.24) is 114 Å². The second-order valence-corrected chi connectivity index (χ2v) is 55.4. The summed E-state index contributed by atoms with van der Waals surface area (Å²) in [6, 6.07) is 2.87. The number of nitrogens with one attached hydrogen (secondary N) is 1. The van der Waals surface area contributed by atoms with E-state index in [1.807, 2.05) is 34.6 Å². The van der Waals surface area contributed by atoms with Gasteiger partial charge in [0.2, 0.25) is 0 Å². The second-order valence-electron chi connectivity index (χ2n) is 36.6. The molecule has 52 nitrogen and oxygen atoms in total. The van der Waals surface area contributed by atoms with Gasteiger partial charge >= 0.3 is 63.1 Å². The van der Waals surface area contributed by atoms with Gasteiger partial charge in [-0.15, -0.1) is 0 Å². The molecule has 21 atom stereocenters. The molecule has 0 saturated carbocycles. The number of nitrogens with two attached hydrogens (primary N) is 3.